The summed E-state index contributed by atoms with van der Waals surface area (Å²) in [6.45, 7) is 8.22. The van der Waals surface area contributed by atoms with Crippen molar-refractivity contribution in [3.63, 3.8) is 0 Å². The Morgan fingerprint density at radius 3 is 2.47 bits per heavy atom. The van der Waals surface area contributed by atoms with Gasteiger partial charge in [0.05, 0.1) is 6.04 Å². The van der Waals surface area contributed by atoms with Crippen molar-refractivity contribution >= 4 is 5.91 Å². The molecule has 0 heterocycles. The van der Waals surface area contributed by atoms with Crippen molar-refractivity contribution in [2.75, 3.05) is 0 Å². The first-order valence-electron chi connectivity index (χ1n) is 7.11. The Hall–Kier alpha value is -0.570. The standard InChI is InChI=1S/C14H28N2O/c1-5-12-8-6-7-9-13(12)16-11(4)14(17)15-10(2)3/h10-13,16H,5-9H2,1-4H3,(H,15,17). The lowest BCUT2D eigenvalue weighted by Gasteiger charge is -2.33. The normalized spacial score (nSPS) is 26.9. The van der Waals surface area contributed by atoms with E-state index in [1.807, 2.05) is 20.8 Å². The maximum atomic E-state index is 11.8. The summed E-state index contributed by atoms with van der Waals surface area (Å²) in [4.78, 5) is 11.8. The Kier molecular flexibility index (Phi) is 5.96. The van der Waals surface area contributed by atoms with Crippen molar-refractivity contribution in [3.05, 3.63) is 0 Å². The molecule has 0 spiro atoms. The fraction of sp³-hybridized carbons (Fsp3) is 0.929. The van der Waals surface area contributed by atoms with Gasteiger partial charge in [0, 0.05) is 12.1 Å². The van der Waals surface area contributed by atoms with Crippen molar-refractivity contribution in [3.8, 4) is 0 Å². The van der Waals surface area contributed by atoms with Crippen LogP contribution in [0.5, 0.6) is 0 Å². The Morgan fingerprint density at radius 2 is 1.88 bits per heavy atom. The quantitative estimate of drug-likeness (QED) is 0.775. The van der Waals surface area contributed by atoms with E-state index in [9.17, 15) is 4.79 Å². The number of rotatable bonds is 5. The summed E-state index contributed by atoms with van der Waals surface area (Å²) in [7, 11) is 0. The van der Waals surface area contributed by atoms with Gasteiger partial charge in [-0.1, -0.05) is 26.2 Å². The molecule has 1 fully saturated rings. The van der Waals surface area contributed by atoms with Gasteiger partial charge in [0.1, 0.15) is 0 Å². The minimum absolute atomic E-state index is 0.0745. The molecule has 0 bridgehead atoms. The lowest BCUT2D eigenvalue weighted by Crippen LogP contribution is -2.51. The van der Waals surface area contributed by atoms with Crippen LogP contribution in [0.2, 0.25) is 0 Å². The van der Waals surface area contributed by atoms with Crippen LogP contribution >= 0.6 is 0 Å². The minimum atomic E-state index is -0.0745. The SMILES string of the molecule is CCC1CCCCC1NC(C)C(=O)NC(C)C. The average Bonchev–Trinajstić information content (AvgIpc) is 2.28. The third-order valence-electron chi connectivity index (χ3n) is 3.72. The van der Waals surface area contributed by atoms with Crippen LogP contribution in [0.25, 0.3) is 0 Å². The fourth-order valence-corrected chi connectivity index (χ4v) is 2.72. The van der Waals surface area contributed by atoms with Crippen LogP contribution in [0.15, 0.2) is 0 Å². The maximum absolute atomic E-state index is 11.8. The maximum Gasteiger partial charge on any atom is 0.237 e. The van der Waals surface area contributed by atoms with E-state index >= 15 is 0 Å². The summed E-state index contributed by atoms with van der Waals surface area (Å²) < 4.78 is 0. The second-order valence-electron chi connectivity index (χ2n) is 5.61. The van der Waals surface area contributed by atoms with Gasteiger partial charge in [-0.05, 0) is 39.5 Å². The summed E-state index contributed by atoms with van der Waals surface area (Å²) in [6.07, 6.45) is 6.40. The topological polar surface area (TPSA) is 41.1 Å². The largest absolute Gasteiger partial charge is 0.353 e. The first-order chi connectivity index (χ1) is 8.04. The van der Waals surface area contributed by atoms with E-state index in [0.29, 0.717) is 6.04 Å². The molecule has 17 heavy (non-hydrogen) atoms. The van der Waals surface area contributed by atoms with Crippen molar-refractivity contribution in [2.45, 2.75) is 77.9 Å². The zero-order valence-electron chi connectivity index (χ0n) is 11.8. The molecular formula is C14H28N2O. The highest BCUT2D eigenvalue weighted by atomic mass is 16.2. The summed E-state index contributed by atoms with van der Waals surface area (Å²) in [5, 5.41) is 6.48. The Balaban J connectivity index is 2.42. The van der Waals surface area contributed by atoms with Gasteiger partial charge in [-0.25, -0.2) is 0 Å². The van der Waals surface area contributed by atoms with Gasteiger partial charge in [-0.2, -0.15) is 0 Å². The molecule has 1 aliphatic carbocycles. The third-order valence-corrected chi connectivity index (χ3v) is 3.72. The van der Waals surface area contributed by atoms with Gasteiger partial charge in [0.15, 0.2) is 0 Å². The van der Waals surface area contributed by atoms with E-state index in [1.165, 1.54) is 32.1 Å². The number of carbonyl (C=O) groups is 1. The Morgan fingerprint density at radius 1 is 1.24 bits per heavy atom. The van der Waals surface area contributed by atoms with Crippen molar-refractivity contribution < 1.29 is 4.79 Å². The number of hydrogen-bond acceptors (Lipinski definition) is 2. The highest BCUT2D eigenvalue weighted by Gasteiger charge is 2.26. The van der Waals surface area contributed by atoms with Gasteiger partial charge in [0.2, 0.25) is 5.91 Å². The lowest BCUT2D eigenvalue weighted by molar-refractivity contribution is -0.123. The highest BCUT2D eigenvalue weighted by molar-refractivity contribution is 5.81. The van der Waals surface area contributed by atoms with E-state index in [-0.39, 0.29) is 18.0 Å². The van der Waals surface area contributed by atoms with Crippen LogP contribution in [0.4, 0.5) is 0 Å². The fourth-order valence-electron chi connectivity index (χ4n) is 2.72. The van der Waals surface area contributed by atoms with Crippen LogP contribution in [-0.4, -0.2) is 24.0 Å². The predicted molar refractivity (Wildman–Crippen MR) is 71.9 cm³/mol. The summed E-state index contributed by atoms with van der Waals surface area (Å²) in [6, 6.07) is 0.677. The van der Waals surface area contributed by atoms with Crippen LogP contribution in [0, 0.1) is 5.92 Å². The second-order valence-corrected chi connectivity index (χ2v) is 5.61. The number of amides is 1. The summed E-state index contributed by atoms with van der Waals surface area (Å²) in [5.41, 5.74) is 0. The number of nitrogens with one attached hydrogen (secondary N) is 2. The van der Waals surface area contributed by atoms with Crippen LogP contribution in [0.3, 0.4) is 0 Å². The molecular weight excluding hydrogens is 212 g/mol. The molecule has 0 aromatic rings. The van der Waals surface area contributed by atoms with E-state index in [4.69, 9.17) is 0 Å². The minimum Gasteiger partial charge on any atom is -0.353 e. The van der Waals surface area contributed by atoms with Crippen LogP contribution < -0.4 is 10.6 Å². The van der Waals surface area contributed by atoms with Gasteiger partial charge in [-0.15, -0.1) is 0 Å². The molecule has 3 atom stereocenters. The zero-order valence-corrected chi connectivity index (χ0v) is 11.8. The molecule has 1 aliphatic rings. The van der Waals surface area contributed by atoms with Gasteiger partial charge < -0.3 is 10.6 Å². The first-order valence-corrected chi connectivity index (χ1v) is 7.11. The van der Waals surface area contributed by atoms with Crippen molar-refractivity contribution in [1.29, 1.82) is 0 Å². The highest BCUT2D eigenvalue weighted by Crippen LogP contribution is 2.27. The number of carbonyl (C=O) groups excluding carboxylic acids is 1. The molecule has 0 radical (unpaired) electrons. The second kappa shape index (κ2) is 7.00. The van der Waals surface area contributed by atoms with Crippen molar-refractivity contribution in [2.24, 2.45) is 5.92 Å². The monoisotopic (exact) mass is 240 g/mol. The zero-order chi connectivity index (χ0) is 12.8. The molecule has 0 aliphatic heterocycles. The van der Waals surface area contributed by atoms with Crippen LogP contribution in [-0.2, 0) is 4.79 Å². The smallest absolute Gasteiger partial charge is 0.237 e. The molecule has 100 valence electrons. The molecule has 0 aromatic heterocycles. The van der Waals surface area contributed by atoms with E-state index < -0.39 is 0 Å². The summed E-state index contributed by atoms with van der Waals surface area (Å²) >= 11 is 0. The van der Waals surface area contributed by atoms with E-state index in [2.05, 4.69) is 17.6 Å². The molecule has 2 N–H and O–H groups in total. The molecule has 1 amide bonds. The molecule has 3 heteroatoms. The van der Waals surface area contributed by atoms with Gasteiger partial charge >= 0.3 is 0 Å². The van der Waals surface area contributed by atoms with Crippen molar-refractivity contribution in [1.82, 2.24) is 10.6 Å². The van der Waals surface area contributed by atoms with Crippen LogP contribution in [0.1, 0.15) is 59.8 Å². The third kappa shape index (κ3) is 4.66. The lowest BCUT2D eigenvalue weighted by atomic mass is 9.82. The molecule has 1 rings (SSSR count). The van der Waals surface area contributed by atoms with Gasteiger partial charge in [0.25, 0.3) is 0 Å². The first kappa shape index (κ1) is 14.5. The molecule has 3 unspecified atom stereocenters. The molecule has 3 nitrogen and oxygen atoms in total. The Labute approximate surface area is 106 Å². The molecule has 0 aromatic carbocycles. The van der Waals surface area contributed by atoms with E-state index in [1.54, 1.807) is 0 Å². The predicted octanol–water partition coefficient (Wildman–Crippen LogP) is 2.46. The number of hydrogen-bond donors (Lipinski definition) is 2. The van der Waals surface area contributed by atoms with Gasteiger partial charge in [-0.3, -0.25) is 4.79 Å². The van der Waals surface area contributed by atoms with E-state index in [0.717, 1.165) is 5.92 Å². The Bertz CT molecular complexity index is 240. The summed E-state index contributed by atoms with van der Waals surface area (Å²) in [5.74, 6) is 0.874. The molecule has 0 saturated heterocycles. The average molecular weight is 240 g/mol. The molecule has 1 saturated carbocycles.